The number of furan rings is 1. The molecule has 0 unspecified atom stereocenters. The Labute approximate surface area is 191 Å². The number of piperidine rings is 1. The van der Waals surface area contributed by atoms with Crippen molar-refractivity contribution in [3.8, 4) is 5.88 Å². The fourth-order valence-corrected chi connectivity index (χ4v) is 4.38. The quantitative estimate of drug-likeness (QED) is 0.350. The Morgan fingerprint density at radius 3 is 2.55 bits per heavy atom. The van der Waals surface area contributed by atoms with Crippen molar-refractivity contribution in [2.24, 2.45) is 4.99 Å². The van der Waals surface area contributed by atoms with Gasteiger partial charge in [-0.3, -0.25) is 4.90 Å². The summed E-state index contributed by atoms with van der Waals surface area (Å²) in [4.78, 5) is 21.7. The highest BCUT2D eigenvalue weighted by Gasteiger charge is 2.21. The zero-order chi connectivity index (χ0) is 22.8. The Morgan fingerprint density at radius 1 is 1.06 bits per heavy atom. The Hall–Kier alpha value is -3.84. The van der Waals surface area contributed by atoms with E-state index in [0.717, 1.165) is 19.6 Å². The van der Waals surface area contributed by atoms with E-state index < -0.39 is 5.97 Å². The molecule has 1 fully saturated rings. The van der Waals surface area contributed by atoms with Gasteiger partial charge in [0.25, 0.3) is 0 Å². The first kappa shape index (κ1) is 21.0. The smallest absolute Gasteiger partial charge is 0.335 e. The number of hydrogen-bond acceptors (Lipinski definition) is 5. The highest BCUT2D eigenvalue weighted by molar-refractivity contribution is 6.21. The van der Waals surface area contributed by atoms with Crippen molar-refractivity contribution < 1.29 is 19.4 Å². The molecule has 0 aliphatic carbocycles. The van der Waals surface area contributed by atoms with Gasteiger partial charge in [0, 0.05) is 17.4 Å². The number of aromatic carboxylic acids is 1. The number of hydrogen-bond donors (Lipinski definition) is 3. The summed E-state index contributed by atoms with van der Waals surface area (Å²) in [5, 5.41) is 20.7. The summed E-state index contributed by atoms with van der Waals surface area (Å²) in [5.41, 5.74) is 3.52. The topological polar surface area (TPSA) is 102 Å². The molecule has 0 saturated carbocycles. The molecule has 0 spiro atoms. The van der Waals surface area contributed by atoms with Gasteiger partial charge in [-0.1, -0.05) is 18.6 Å². The average Bonchev–Trinajstić information content (AvgIpc) is 3.46. The first-order valence-electron chi connectivity index (χ1n) is 11.1. The Balaban J connectivity index is 1.54. The summed E-state index contributed by atoms with van der Waals surface area (Å²) in [6.45, 7) is 3.21. The van der Waals surface area contributed by atoms with E-state index >= 15 is 0 Å². The SMILES string of the molecule is O=C(O)c1ccc2[nH]c(O)c(C(=Nc3ccc(CN4CCCCC4)cc3)c3ccco3)c2c1. The van der Waals surface area contributed by atoms with E-state index in [1.54, 1.807) is 24.5 Å². The monoisotopic (exact) mass is 443 g/mol. The standard InChI is InChI=1S/C26H25N3O4/c30-25-23(20-15-18(26(31)32)8-11-21(20)28-25)24(22-5-4-14-33-22)27-19-9-6-17(7-10-19)16-29-12-2-1-3-13-29/h4-11,14-15,28,30H,1-3,12-13,16H2,(H,31,32). The second-order valence-electron chi connectivity index (χ2n) is 8.36. The lowest BCUT2D eigenvalue weighted by Crippen LogP contribution is -2.28. The number of carbonyl (C=O) groups is 1. The van der Waals surface area contributed by atoms with Crippen LogP contribution in [0.15, 0.2) is 70.3 Å². The van der Waals surface area contributed by atoms with Crippen LogP contribution in [0.3, 0.4) is 0 Å². The van der Waals surface area contributed by atoms with Gasteiger partial charge in [0.2, 0.25) is 0 Å². The molecule has 3 N–H and O–H groups in total. The number of aliphatic imine (C=N–C) groups is 1. The third kappa shape index (κ3) is 4.40. The summed E-state index contributed by atoms with van der Waals surface area (Å²) >= 11 is 0. The second-order valence-corrected chi connectivity index (χ2v) is 8.36. The molecular formula is C26H25N3O4. The van der Waals surface area contributed by atoms with Gasteiger partial charge in [-0.2, -0.15) is 0 Å². The van der Waals surface area contributed by atoms with E-state index in [-0.39, 0.29) is 11.4 Å². The minimum atomic E-state index is -1.04. The summed E-state index contributed by atoms with van der Waals surface area (Å²) in [6.07, 6.45) is 5.37. The summed E-state index contributed by atoms with van der Waals surface area (Å²) < 4.78 is 5.62. The number of rotatable bonds is 6. The maximum atomic E-state index is 11.5. The van der Waals surface area contributed by atoms with Crippen LogP contribution in [0.1, 0.15) is 46.5 Å². The predicted octanol–water partition coefficient (Wildman–Crippen LogP) is 5.32. The molecule has 2 aromatic carbocycles. The molecular weight excluding hydrogens is 418 g/mol. The lowest BCUT2D eigenvalue weighted by Gasteiger charge is -2.26. The van der Waals surface area contributed by atoms with Crippen molar-refractivity contribution in [2.75, 3.05) is 13.1 Å². The van der Waals surface area contributed by atoms with E-state index in [1.807, 2.05) is 12.1 Å². The molecule has 168 valence electrons. The first-order valence-corrected chi connectivity index (χ1v) is 11.1. The third-order valence-electron chi connectivity index (χ3n) is 6.05. The van der Waals surface area contributed by atoms with Gasteiger partial charge < -0.3 is 19.6 Å². The van der Waals surface area contributed by atoms with Crippen LogP contribution in [0, 0.1) is 0 Å². The highest BCUT2D eigenvalue weighted by Crippen LogP contribution is 2.32. The number of aromatic amines is 1. The van der Waals surface area contributed by atoms with Crippen molar-refractivity contribution in [3.63, 3.8) is 0 Å². The molecule has 1 aliphatic heterocycles. The number of nitrogens with one attached hydrogen (secondary N) is 1. The van der Waals surface area contributed by atoms with Gasteiger partial charge in [0.15, 0.2) is 11.6 Å². The Bertz CT molecular complexity index is 1300. The van der Waals surface area contributed by atoms with Crippen molar-refractivity contribution in [1.82, 2.24) is 9.88 Å². The van der Waals surface area contributed by atoms with Crippen LogP contribution in [0.5, 0.6) is 5.88 Å². The maximum absolute atomic E-state index is 11.5. The number of nitrogens with zero attached hydrogens (tertiary/aromatic N) is 2. The number of likely N-dealkylation sites (tertiary alicyclic amines) is 1. The third-order valence-corrected chi connectivity index (χ3v) is 6.05. The number of aromatic hydroxyl groups is 1. The first-order chi connectivity index (χ1) is 16.1. The molecule has 0 bridgehead atoms. The molecule has 0 amide bonds. The lowest BCUT2D eigenvalue weighted by atomic mass is 10.0. The molecule has 7 nitrogen and oxygen atoms in total. The van der Waals surface area contributed by atoms with Crippen molar-refractivity contribution in [3.05, 3.63) is 83.3 Å². The molecule has 1 saturated heterocycles. The molecule has 1 aliphatic rings. The molecule has 2 aromatic heterocycles. The van der Waals surface area contributed by atoms with E-state index in [1.165, 1.54) is 37.0 Å². The van der Waals surface area contributed by atoms with Gasteiger partial charge in [0.1, 0.15) is 5.71 Å². The van der Waals surface area contributed by atoms with Gasteiger partial charge in [-0.25, -0.2) is 9.79 Å². The van der Waals surface area contributed by atoms with Crippen LogP contribution in [-0.2, 0) is 6.54 Å². The number of carboxylic acids is 1. The largest absolute Gasteiger partial charge is 0.494 e. The summed E-state index contributed by atoms with van der Waals surface area (Å²) in [7, 11) is 0. The number of fused-ring (bicyclic) bond motifs is 1. The van der Waals surface area contributed by atoms with E-state index in [9.17, 15) is 15.0 Å². The zero-order valence-electron chi connectivity index (χ0n) is 18.1. The van der Waals surface area contributed by atoms with Gasteiger partial charge in [-0.15, -0.1) is 0 Å². The van der Waals surface area contributed by atoms with Crippen LogP contribution >= 0.6 is 0 Å². The Kier molecular flexibility index (Phi) is 5.71. The van der Waals surface area contributed by atoms with Gasteiger partial charge in [-0.05, 0) is 74.0 Å². The maximum Gasteiger partial charge on any atom is 0.335 e. The number of benzene rings is 2. The van der Waals surface area contributed by atoms with Crippen LogP contribution in [0.4, 0.5) is 5.69 Å². The number of aromatic nitrogens is 1. The van der Waals surface area contributed by atoms with Crippen molar-refractivity contribution in [1.29, 1.82) is 0 Å². The normalized spacial score (nSPS) is 15.2. The van der Waals surface area contributed by atoms with Gasteiger partial charge >= 0.3 is 5.97 Å². The predicted molar refractivity (Wildman–Crippen MR) is 126 cm³/mol. The molecule has 0 radical (unpaired) electrons. The number of H-pyrrole nitrogens is 1. The fourth-order valence-electron chi connectivity index (χ4n) is 4.38. The van der Waals surface area contributed by atoms with Crippen LogP contribution in [0.25, 0.3) is 10.9 Å². The summed E-state index contributed by atoms with van der Waals surface area (Å²) in [6, 6.07) is 16.2. The average molecular weight is 444 g/mol. The minimum Gasteiger partial charge on any atom is -0.494 e. The van der Waals surface area contributed by atoms with Crippen molar-refractivity contribution >= 4 is 28.3 Å². The molecule has 0 atom stereocenters. The van der Waals surface area contributed by atoms with E-state index in [4.69, 9.17) is 9.41 Å². The van der Waals surface area contributed by atoms with E-state index in [2.05, 4.69) is 22.0 Å². The van der Waals surface area contributed by atoms with Crippen LogP contribution in [-0.4, -0.2) is 44.9 Å². The lowest BCUT2D eigenvalue weighted by molar-refractivity contribution is 0.0697. The van der Waals surface area contributed by atoms with Crippen molar-refractivity contribution in [2.45, 2.75) is 25.8 Å². The zero-order valence-corrected chi connectivity index (χ0v) is 18.1. The molecule has 3 heterocycles. The van der Waals surface area contributed by atoms with E-state index in [0.29, 0.717) is 33.6 Å². The molecule has 33 heavy (non-hydrogen) atoms. The molecule has 7 heteroatoms. The van der Waals surface area contributed by atoms with Crippen LogP contribution < -0.4 is 0 Å². The second kappa shape index (κ2) is 8.96. The molecule has 5 rings (SSSR count). The number of carboxylic acid groups (broad SMARTS) is 1. The fraction of sp³-hybridized carbons (Fsp3) is 0.231. The van der Waals surface area contributed by atoms with Crippen LogP contribution in [0.2, 0.25) is 0 Å². The molecule has 4 aromatic rings. The highest BCUT2D eigenvalue weighted by atomic mass is 16.4. The minimum absolute atomic E-state index is 0.0931. The summed E-state index contributed by atoms with van der Waals surface area (Å²) in [5.74, 6) is -0.655. The Morgan fingerprint density at radius 2 is 1.85 bits per heavy atom. The van der Waals surface area contributed by atoms with Gasteiger partial charge in [0.05, 0.1) is 23.1 Å².